The fourth-order valence-corrected chi connectivity index (χ4v) is 1.89. The van der Waals surface area contributed by atoms with Gasteiger partial charge < -0.3 is 10.5 Å². The Bertz CT molecular complexity index is 634. The van der Waals surface area contributed by atoms with E-state index in [4.69, 9.17) is 10.5 Å². The third-order valence-electron chi connectivity index (χ3n) is 3.24. The molecule has 2 aromatic rings. The molecule has 6 heteroatoms. The van der Waals surface area contributed by atoms with Crippen LogP contribution in [0.1, 0.15) is 32.6 Å². The van der Waals surface area contributed by atoms with Crippen molar-refractivity contribution in [3.63, 3.8) is 0 Å². The molecule has 0 unspecified atom stereocenters. The van der Waals surface area contributed by atoms with Gasteiger partial charge in [0.05, 0.1) is 18.8 Å². The van der Waals surface area contributed by atoms with Crippen molar-refractivity contribution in [3.05, 3.63) is 40.6 Å². The van der Waals surface area contributed by atoms with Gasteiger partial charge in [0.2, 0.25) is 0 Å². The second kappa shape index (κ2) is 5.13. The molecule has 0 fully saturated rings. The van der Waals surface area contributed by atoms with E-state index >= 15 is 0 Å². The van der Waals surface area contributed by atoms with Crippen LogP contribution in [0.5, 0.6) is 5.75 Å². The second-order valence-electron chi connectivity index (χ2n) is 5.76. The lowest BCUT2D eigenvalue weighted by atomic mass is 9.87. The smallest absolute Gasteiger partial charge is 0.347 e. The molecule has 1 aromatic heterocycles. The predicted octanol–water partition coefficient (Wildman–Crippen LogP) is 1.62. The number of nitrogens with two attached hydrogens (primary N) is 1. The normalized spacial score (nSPS) is 13.2. The number of aromatic nitrogens is 3. The summed E-state index contributed by atoms with van der Waals surface area (Å²) < 4.78 is 6.61. The topological polar surface area (TPSA) is 85.9 Å². The second-order valence-corrected chi connectivity index (χ2v) is 5.76. The van der Waals surface area contributed by atoms with E-state index < -0.39 is 0 Å². The van der Waals surface area contributed by atoms with Crippen LogP contribution in [0.25, 0.3) is 5.69 Å². The zero-order valence-electron chi connectivity index (χ0n) is 12.2. The average Bonchev–Trinajstić information content (AvgIpc) is 2.78. The number of ether oxygens (including phenoxy) is 1. The molecule has 0 saturated heterocycles. The first-order chi connectivity index (χ1) is 9.34. The Morgan fingerprint density at radius 3 is 2.40 bits per heavy atom. The van der Waals surface area contributed by atoms with E-state index in [2.05, 4.69) is 10.2 Å². The number of aromatic amines is 1. The Labute approximate surface area is 117 Å². The highest BCUT2D eigenvalue weighted by Gasteiger charge is 2.28. The minimum absolute atomic E-state index is 0.199. The lowest BCUT2D eigenvalue weighted by Gasteiger charge is -2.26. The van der Waals surface area contributed by atoms with Crippen LogP contribution in [0.4, 0.5) is 0 Å². The van der Waals surface area contributed by atoms with Crippen LogP contribution in [0, 0.1) is 5.41 Å². The Morgan fingerprint density at radius 1 is 1.30 bits per heavy atom. The molecule has 0 saturated carbocycles. The molecule has 108 valence electrons. The quantitative estimate of drug-likeness (QED) is 0.892. The number of methoxy groups -OCH3 is 1. The van der Waals surface area contributed by atoms with Gasteiger partial charge in [0.1, 0.15) is 5.75 Å². The molecule has 1 aromatic carbocycles. The highest BCUT2D eigenvalue weighted by atomic mass is 16.5. The summed E-state index contributed by atoms with van der Waals surface area (Å²) in [7, 11) is 1.60. The van der Waals surface area contributed by atoms with Crippen molar-refractivity contribution in [2.45, 2.75) is 26.8 Å². The van der Waals surface area contributed by atoms with E-state index in [1.807, 2.05) is 20.8 Å². The van der Waals surface area contributed by atoms with Gasteiger partial charge in [0.15, 0.2) is 5.82 Å². The van der Waals surface area contributed by atoms with Crippen molar-refractivity contribution in [3.8, 4) is 11.4 Å². The van der Waals surface area contributed by atoms with Crippen LogP contribution in [0.3, 0.4) is 0 Å². The van der Waals surface area contributed by atoms with Gasteiger partial charge in [-0.3, -0.25) is 0 Å². The van der Waals surface area contributed by atoms with E-state index in [0.29, 0.717) is 11.5 Å². The molecule has 0 aliphatic rings. The summed E-state index contributed by atoms with van der Waals surface area (Å²) in [5.74, 6) is 1.25. The largest absolute Gasteiger partial charge is 0.497 e. The number of benzene rings is 1. The maximum absolute atomic E-state index is 12.0. The number of nitrogens with zero attached hydrogens (tertiary/aromatic N) is 2. The Kier molecular flexibility index (Phi) is 3.67. The highest BCUT2D eigenvalue weighted by Crippen LogP contribution is 2.29. The van der Waals surface area contributed by atoms with Gasteiger partial charge in [-0.05, 0) is 29.7 Å². The average molecular weight is 276 g/mol. The van der Waals surface area contributed by atoms with Gasteiger partial charge >= 0.3 is 5.69 Å². The number of hydrogen-bond acceptors (Lipinski definition) is 4. The molecular weight excluding hydrogens is 256 g/mol. The number of rotatable bonds is 3. The molecule has 0 bridgehead atoms. The lowest BCUT2D eigenvalue weighted by molar-refractivity contribution is 0.312. The molecule has 0 spiro atoms. The maximum atomic E-state index is 12.0. The molecule has 0 aliphatic carbocycles. The summed E-state index contributed by atoms with van der Waals surface area (Å²) in [5.41, 5.74) is 6.42. The van der Waals surface area contributed by atoms with Crippen molar-refractivity contribution < 1.29 is 4.74 Å². The SMILES string of the molecule is COc1ccc(-n2c([C@@H](N)C(C)(C)C)n[nH]c2=O)cc1. The number of hydrogen-bond donors (Lipinski definition) is 2. The third-order valence-corrected chi connectivity index (χ3v) is 3.24. The van der Waals surface area contributed by atoms with E-state index in [-0.39, 0.29) is 17.1 Å². The summed E-state index contributed by atoms with van der Waals surface area (Å²) in [6, 6.07) is 6.83. The third kappa shape index (κ3) is 2.60. The predicted molar refractivity (Wildman–Crippen MR) is 77.1 cm³/mol. The van der Waals surface area contributed by atoms with Gasteiger partial charge in [0.25, 0.3) is 0 Å². The van der Waals surface area contributed by atoms with Crippen LogP contribution >= 0.6 is 0 Å². The molecule has 0 radical (unpaired) electrons. The highest BCUT2D eigenvalue weighted by molar-refractivity contribution is 5.38. The standard InChI is InChI=1S/C14H20N4O2/c1-14(2,3)11(15)12-16-17-13(19)18(12)9-5-7-10(20-4)8-6-9/h5-8,11H,15H2,1-4H3,(H,17,19)/t11-/m1/s1. The Hall–Kier alpha value is -2.08. The molecule has 6 nitrogen and oxygen atoms in total. The van der Waals surface area contributed by atoms with Gasteiger partial charge in [-0.2, -0.15) is 5.10 Å². The van der Waals surface area contributed by atoms with Crippen LogP contribution < -0.4 is 16.2 Å². The van der Waals surface area contributed by atoms with Gasteiger partial charge in [-0.1, -0.05) is 20.8 Å². The van der Waals surface area contributed by atoms with Crippen LogP contribution in [-0.4, -0.2) is 21.9 Å². The molecule has 0 amide bonds. The molecule has 0 aliphatic heterocycles. The zero-order valence-corrected chi connectivity index (χ0v) is 12.2. The number of H-pyrrole nitrogens is 1. The number of nitrogens with one attached hydrogen (secondary N) is 1. The van der Waals surface area contributed by atoms with Gasteiger partial charge in [0, 0.05) is 0 Å². The molecule has 3 N–H and O–H groups in total. The first-order valence-corrected chi connectivity index (χ1v) is 6.42. The fourth-order valence-electron chi connectivity index (χ4n) is 1.89. The molecule has 20 heavy (non-hydrogen) atoms. The summed E-state index contributed by atoms with van der Waals surface area (Å²) in [4.78, 5) is 12.0. The Morgan fingerprint density at radius 2 is 1.90 bits per heavy atom. The monoisotopic (exact) mass is 276 g/mol. The lowest BCUT2D eigenvalue weighted by Crippen LogP contribution is -2.30. The van der Waals surface area contributed by atoms with Gasteiger partial charge in [-0.25, -0.2) is 14.5 Å². The van der Waals surface area contributed by atoms with Crippen LogP contribution in [0.15, 0.2) is 29.1 Å². The molecule has 1 heterocycles. The zero-order chi connectivity index (χ0) is 14.9. The van der Waals surface area contributed by atoms with Crippen molar-refractivity contribution in [2.75, 3.05) is 7.11 Å². The summed E-state index contributed by atoms with van der Waals surface area (Å²) in [5, 5.41) is 6.53. The van der Waals surface area contributed by atoms with E-state index in [1.165, 1.54) is 4.57 Å². The first kappa shape index (κ1) is 14.3. The van der Waals surface area contributed by atoms with Crippen molar-refractivity contribution in [2.24, 2.45) is 11.1 Å². The van der Waals surface area contributed by atoms with E-state index in [0.717, 1.165) is 5.75 Å². The van der Waals surface area contributed by atoms with E-state index in [9.17, 15) is 4.79 Å². The molecule has 2 rings (SSSR count). The van der Waals surface area contributed by atoms with Crippen molar-refractivity contribution >= 4 is 0 Å². The molecule has 1 atom stereocenters. The van der Waals surface area contributed by atoms with Crippen LogP contribution in [-0.2, 0) is 0 Å². The summed E-state index contributed by atoms with van der Waals surface area (Å²) in [6.07, 6.45) is 0. The first-order valence-electron chi connectivity index (χ1n) is 6.42. The minimum atomic E-state index is -0.358. The minimum Gasteiger partial charge on any atom is -0.497 e. The molecular formula is C14H20N4O2. The van der Waals surface area contributed by atoms with E-state index in [1.54, 1.807) is 31.4 Å². The summed E-state index contributed by atoms with van der Waals surface area (Å²) in [6.45, 7) is 6.03. The van der Waals surface area contributed by atoms with Gasteiger partial charge in [-0.15, -0.1) is 0 Å². The van der Waals surface area contributed by atoms with Crippen molar-refractivity contribution in [1.29, 1.82) is 0 Å². The van der Waals surface area contributed by atoms with Crippen LogP contribution in [0.2, 0.25) is 0 Å². The van der Waals surface area contributed by atoms with Crippen molar-refractivity contribution in [1.82, 2.24) is 14.8 Å². The maximum Gasteiger partial charge on any atom is 0.347 e. The fraction of sp³-hybridized carbons (Fsp3) is 0.429. The summed E-state index contributed by atoms with van der Waals surface area (Å²) >= 11 is 0. The Balaban J connectivity index is 2.51.